The van der Waals surface area contributed by atoms with Crippen LogP contribution in [0.1, 0.15) is 44.6 Å². The van der Waals surface area contributed by atoms with Crippen molar-refractivity contribution in [3.63, 3.8) is 0 Å². The van der Waals surface area contributed by atoms with Gasteiger partial charge in [0.1, 0.15) is 0 Å². The number of urea groups is 1. The summed E-state index contributed by atoms with van der Waals surface area (Å²) < 4.78 is 5.57. The summed E-state index contributed by atoms with van der Waals surface area (Å²) >= 11 is 0. The molecule has 4 heteroatoms. The van der Waals surface area contributed by atoms with E-state index in [2.05, 4.69) is 36.5 Å². The first kappa shape index (κ1) is 17.3. The van der Waals surface area contributed by atoms with Gasteiger partial charge < -0.3 is 15.0 Å². The van der Waals surface area contributed by atoms with Crippen LogP contribution in [0.15, 0.2) is 30.3 Å². The summed E-state index contributed by atoms with van der Waals surface area (Å²) in [5, 5.41) is 3.24. The van der Waals surface area contributed by atoms with Gasteiger partial charge >= 0.3 is 6.03 Å². The number of likely N-dealkylation sites (tertiary alicyclic amines) is 1. The molecule has 2 fully saturated rings. The van der Waals surface area contributed by atoms with Crippen LogP contribution in [0, 0.1) is 5.92 Å². The average molecular weight is 330 g/mol. The third-order valence-electron chi connectivity index (χ3n) is 5.72. The van der Waals surface area contributed by atoms with Crippen LogP contribution in [0.2, 0.25) is 0 Å². The molecule has 0 saturated carbocycles. The summed E-state index contributed by atoms with van der Waals surface area (Å²) in [5.74, 6) is 0.731. The van der Waals surface area contributed by atoms with E-state index in [-0.39, 0.29) is 11.4 Å². The van der Waals surface area contributed by atoms with Crippen molar-refractivity contribution >= 4 is 6.03 Å². The Bertz CT molecular complexity index is 526. The number of amides is 2. The van der Waals surface area contributed by atoms with Crippen molar-refractivity contribution in [2.24, 2.45) is 5.92 Å². The Morgan fingerprint density at radius 3 is 2.71 bits per heavy atom. The lowest BCUT2D eigenvalue weighted by Crippen LogP contribution is -2.48. The minimum absolute atomic E-state index is 0.00824. The van der Waals surface area contributed by atoms with Crippen molar-refractivity contribution in [2.45, 2.75) is 44.4 Å². The highest BCUT2D eigenvalue weighted by atomic mass is 16.5. The van der Waals surface area contributed by atoms with Gasteiger partial charge in [-0.25, -0.2) is 4.79 Å². The van der Waals surface area contributed by atoms with E-state index in [4.69, 9.17) is 4.74 Å². The number of nitrogens with zero attached hydrogens (tertiary/aromatic N) is 1. The monoisotopic (exact) mass is 330 g/mol. The molecule has 0 aromatic heterocycles. The molecule has 1 aromatic rings. The minimum atomic E-state index is 0.00824. The van der Waals surface area contributed by atoms with Crippen molar-refractivity contribution in [1.82, 2.24) is 10.2 Å². The first-order chi connectivity index (χ1) is 11.7. The average Bonchev–Trinajstić information content (AvgIpc) is 2.86. The molecule has 0 bridgehead atoms. The van der Waals surface area contributed by atoms with Crippen molar-refractivity contribution in [3.8, 4) is 0 Å². The van der Waals surface area contributed by atoms with Crippen LogP contribution in [0.5, 0.6) is 0 Å². The molecule has 2 saturated heterocycles. The van der Waals surface area contributed by atoms with Crippen LogP contribution in [0.3, 0.4) is 0 Å². The van der Waals surface area contributed by atoms with E-state index < -0.39 is 0 Å². The van der Waals surface area contributed by atoms with E-state index in [0.29, 0.717) is 6.54 Å². The van der Waals surface area contributed by atoms with Gasteiger partial charge in [0, 0.05) is 38.3 Å². The zero-order chi connectivity index (χ0) is 16.8. The Kier molecular flexibility index (Phi) is 5.77. The third-order valence-corrected chi connectivity index (χ3v) is 5.72. The molecule has 0 aliphatic carbocycles. The highest BCUT2D eigenvalue weighted by Gasteiger charge is 2.35. The molecular weight excluding hydrogens is 300 g/mol. The number of benzene rings is 1. The SMILES string of the molecule is C[C@@H]1CCCN(C(=O)NCC2(c3ccccc3)CCOCC2)CC1. The molecule has 2 aliphatic rings. The zero-order valence-electron chi connectivity index (χ0n) is 14.8. The van der Waals surface area contributed by atoms with Crippen molar-refractivity contribution in [3.05, 3.63) is 35.9 Å². The molecule has 0 spiro atoms. The van der Waals surface area contributed by atoms with Gasteiger partial charge in [0.05, 0.1) is 0 Å². The fourth-order valence-electron chi connectivity index (χ4n) is 3.94. The van der Waals surface area contributed by atoms with E-state index in [1.54, 1.807) is 0 Å². The fourth-order valence-corrected chi connectivity index (χ4v) is 3.94. The summed E-state index contributed by atoms with van der Waals surface area (Å²) in [5.41, 5.74) is 1.33. The largest absolute Gasteiger partial charge is 0.381 e. The summed E-state index contributed by atoms with van der Waals surface area (Å²) in [4.78, 5) is 14.7. The Morgan fingerprint density at radius 2 is 1.96 bits per heavy atom. The zero-order valence-corrected chi connectivity index (χ0v) is 14.8. The molecule has 3 rings (SSSR count). The molecule has 24 heavy (non-hydrogen) atoms. The quantitative estimate of drug-likeness (QED) is 0.920. The van der Waals surface area contributed by atoms with E-state index in [9.17, 15) is 4.79 Å². The molecule has 2 aliphatic heterocycles. The Hall–Kier alpha value is -1.55. The summed E-state index contributed by atoms with van der Waals surface area (Å²) in [6.07, 6.45) is 5.40. The maximum atomic E-state index is 12.7. The van der Waals surface area contributed by atoms with E-state index in [1.807, 2.05) is 11.0 Å². The van der Waals surface area contributed by atoms with Gasteiger partial charge in [0.15, 0.2) is 0 Å². The normalized spacial score (nSPS) is 24.2. The van der Waals surface area contributed by atoms with Gasteiger partial charge in [0.25, 0.3) is 0 Å². The molecular formula is C20H30N2O2. The Morgan fingerprint density at radius 1 is 1.21 bits per heavy atom. The van der Waals surface area contributed by atoms with Crippen molar-refractivity contribution in [2.75, 3.05) is 32.8 Å². The number of carbonyl (C=O) groups excluding carboxylic acids is 1. The highest BCUT2D eigenvalue weighted by Crippen LogP contribution is 2.34. The van der Waals surface area contributed by atoms with Gasteiger partial charge in [-0.15, -0.1) is 0 Å². The molecule has 132 valence electrons. The lowest BCUT2D eigenvalue weighted by molar-refractivity contribution is 0.0501. The van der Waals surface area contributed by atoms with Crippen molar-refractivity contribution < 1.29 is 9.53 Å². The second kappa shape index (κ2) is 8.02. The number of carbonyl (C=O) groups is 1. The smallest absolute Gasteiger partial charge is 0.317 e. The lowest BCUT2D eigenvalue weighted by atomic mass is 9.74. The number of nitrogens with one attached hydrogen (secondary N) is 1. The van der Waals surface area contributed by atoms with Gasteiger partial charge in [-0.1, -0.05) is 37.3 Å². The van der Waals surface area contributed by atoms with Crippen LogP contribution < -0.4 is 5.32 Å². The fraction of sp³-hybridized carbons (Fsp3) is 0.650. The number of rotatable bonds is 3. The van der Waals surface area contributed by atoms with Gasteiger partial charge in [0.2, 0.25) is 0 Å². The molecule has 2 amide bonds. The van der Waals surface area contributed by atoms with E-state index in [0.717, 1.165) is 57.9 Å². The molecule has 2 heterocycles. The van der Waals surface area contributed by atoms with Gasteiger partial charge in [-0.2, -0.15) is 0 Å². The van der Waals surface area contributed by atoms with Crippen LogP contribution >= 0.6 is 0 Å². The van der Waals surface area contributed by atoms with Crippen LogP contribution in [-0.4, -0.2) is 43.8 Å². The molecule has 0 radical (unpaired) electrons. The van der Waals surface area contributed by atoms with Crippen molar-refractivity contribution in [1.29, 1.82) is 0 Å². The molecule has 1 atom stereocenters. The molecule has 0 unspecified atom stereocenters. The predicted molar refractivity (Wildman–Crippen MR) is 96.2 cm³/mol. The topological polar surface area (TPSA) is 41.6 Å². The first-order valence-corrected chi connectivity index (χ1v) is 9.36. The first-order valence-electron chi connectivity index (χ1n) is 9.36. The molecule has 1 aromatic carbocycles. The Labute approximate surface area is 145 Å². The van der Waals surface area contributed by atoms with Crippen LogP contribution in [-0.2, 0) is 10.2 Å². The standard InChI is InChI=1S/C20H30N2O2/c1-17-6-5-12-22(13-9-17)19(23)21-16-20(10-14-24-15-11-20)18-7-3-2-4-8-18/h2-4,7-8,17H,5-6,9-16H2,1H3,(H,21,23)/t17-/m1/s1. The summed E-state index contributed by atoms with van der Waals surface area (Å²) in [6.45, 7) is 6.29. The second-order valence-corrected chi connectivity index (χ2v) is 7.44. The second-order valence-electron chi connectivity index (χ2n) is 7.44. The summed E-state index contributed by atoms with van der Waals surface area (Å²) in [6, 6.07) is 10.7. The maximum absolute atomic E-state index is 12.7. The van der Waals surface area contributed by atoms with Crippen LogP contribution in [0.25, 0.3) is 0 Å². The number of hydrogen-bond donors (Lipinski definition) is 1. The number of ether oxygens (including phenoxy) is 1. The predicted octanol–water partition coefficient (Wildman–Crippen LogP) is 3.57. The molecule has 1 N–H and O–H groups in total. The van der Waals surface area contributed by atoms with Gasteiger partial charge in [-0.3, -0.25) is 0 Å². The van der Waals surface area contributed by atoms with Crippen LogP contribution in [0.4, 0.5) is 4.79 Å². The maximum Gasteiger partial charge on any atom is 0.317 e. The number of hydrogen-bond acceptors (Lipinski definition) is 2. The molecule has 4 nitrogen and oxygen atoms in total. The highest BCUT2D eigenvalue weighted by molar-refractivity contribution is 5.74. The van der Waals surface area contributed by atoms with E-state index in [1.165, 1.54) is 12.0 Å². The lowest BCUT2D eigenvalue weighted by Gasteiger charge is -2.38. The summed E-state index contributed by atoms with van der Waals surface area (Å²) in [7, 11) is 0. The van der Waals surface area contributed by atoms with Gasteiger partial charge in [-0.05, 0) is 43.6 Å². The van der Waals surface area contributed by atoms with E-state index >= 15 is 0 Å². The third kappa shape index (κ3) is 4.10. The minimum Gasteiger partial charge on any atom is -0.381 e. The Balaban J connectivity index is 1.64.